The normalized spacial score (nSPS) is 11.2. The van der Waals surface area contributed by atoms with Crippen LogP contribution in [0.4, 0.5) is 0 Å². The Balaban J connectivity index is 2.97. The van der Waals surface area contributed by atoms with Gasteiger partial charge in [0.25, 0.3) is 0 Å². The van der Waals surface area contributed by atoms with Gasteiger partial charge in [0.15, 0.2) is 0 Å². The maximum atomic E-state index is 5.43. The van der Waals surface area contributed by atoms with Crippen LogP contribution in [0.1, 0.15) is 19.8 Å². The van der Waals surface area contributed by atoms with Gasteiger partial charge in [0, 0.05) is 6.61 Å². The van der Waals surface area contributed by atoms with Crippen molar-refractivity contribution in [1.82, 2.24) is 0 Å². The van der Waals surface area contributed by atoms with Crippen LogP contribution in [0.5, 0.6) is 0 Å². The van der Waals surface area contributed by atoms with E-state index in [0.717, 1.165) is 19.4 Å². The molecule has 29 heavy (non-hydrogen) atoms. The van der Waals surface area contributed by atoms with Crippen LogP contribution in [0.15, 0.2) is 12.7 Å². The third-order valence-electron chi connectivity index (χ3n) is 3.48. The van der Waals surface area contributed by atoms with E-state index in [4.69, 9.17) is 37.9 Å². The SMILES string of the molecule is C=CCOCCOCCOCCOCCOCCOCCOCCOCCCC. The molecule has 0 heterocycles. The van der Waals surface area contributed by atoms with Gasteiger partial charge in [-0.3, -0.25) is 0 Å². The molecule has 0 aliphatic carbocycles. The van der Waals surface area contributed by atoms with Crippen LogP contribution in [0.2, 0.25) is 0 Å². The number of rotatable bonds is 26. The monoisotopic (exact) mass is 422 g/mol. The Labute approximate surface area is 176 Å². The molecule has 0 amide bonds. The quantitative estimate of drug-likeness (QED) is 0.155. The Hall–Kier alpha value is -0.580. The van der Waals surface area contributed by atoms with E-state index in [-0.39, 0.29) is 0 Å². The smallest absolute Gasteiger partial charge is 0.0704 e. The molecule has 0 rings (SSSR count). The largest absolute Gasteiger partial charge is 0.379 e. The fourth-order valence-corrected chi connectivity index (χ4v) is 1.95. The van der Waals surface area contributed by atoms with Crippen molar-refractivity contribution >= 4 is 0 Å². The van der Waals surface area contributed by atoms with Crippen molar-refractivity contribution in [3.8, 4) is 0 Å². The Kier molecular flexibility index (Phi) is 26.9. The lowest BCUT2D eigenvalue weighted by atomic mass is 10.4. The fraction of sp³-hybridized carbons (Fsp3) is 0.905. The molecule has 0 N–H and O–H groups in total. The van der Waals surface area contributed by atoms with Crippen LogP contribution in [-0.2, 0) is 37.9 Å². The maximum absolute atomic E-state index is 5.43. The highest BCUT2D eigenvalue weighted by Crippen LogP contribution is 1.88. The summed E-state index contributed by atoms with van der Waals surface area (Å²) in [5, 5.41) is 0. The second kappa shape index (κ2) is 27.4. The third kappa shape index (κ3) is 27.4. The minimum Gasteiger partial charge on any atom is -0.379 e. The summed E-state index contributed by atoms with van der Waals surface area (Å²) in [6.45, 7) is 15.0. The molecule has 174 valence electrons. The van der Waals surface area contributed by atoms with Gasteiger partial charge in [0.2, 0.25) is 0 Å². The summed E-state index contributed by atoms with van der Waals surface area (Å²) < 4.78 is 43.0. The van der Waals surface area contributed by atoms with E-state index >= 15 is 0 Å². The molecular weight excluding hydrogens is 380 g/mol. The molecule has 0 aromatic carbocycles. The predicted molar refractivity (Wildman–Crippen MR) is 112 cm³/mol. The van der Waals surface area contributed by atoms with E-state index in [1.807, 2.05) is 0 Å². The third-order valence-corrected chi connectivity index (χ3v) is 3.48. The zero-order chi connectivity index (χ0) is 21.1. The van der Waals surface area contributed by atoms with Crippen LogP contribution < -0.4 is 0 Å². The molecule has 0 atom stereocenters. The second-order valence-electron chi connectivity index (χ2n) is 6.00. The van der Waals surface area contributed by atoms with Crippen LogP contribution in [0.25, 0.3) is 0 Å². The van der Waals surface area contributed by atoms with Gasteiger partial charge in [-0.2, -0.15) is 0 Å². The lowest BCUT2D eigenvalue weighted by molar-refractivity contribution is -0.0226. The average molecular weight is 423 g/mol. The van der Waals surface area contributed by atoms with Crippen LogP contribution in [0, 0.1) is 0 Å². The molecule has 0 aliphatic heterocycles. The molecular formula is C21H42O8. The van der Waals surface area contributed by atoms with Gasteiger partial charge in [-0.05, 0) is 6.42 Å². The highest BCUT2D eigenvalue weighted by atomic mass is 16.6. The Morgan fingerprint density at radius 1 is 0.448 bits per heavy atom. The summed E-state index contributed by atoms with van der Waals surface area (Å²) in [4.78, 5) is 0. The summed E-state index contributed by atoms with van der Waals surface area (Å²) in [5.41, 5.74) is 0. The molecule has 0 spiro atoms. The summed E-state index contributed by atoms with van der Waals surface area (Å²) in [5.74, 6) is 0. The Morgan fingerprint density at radius 3 is 1.00 bits per heavy atom. The van der Waals surface area contributed by atoms with Crippen LogP contribution in [0.3, 0.4) is 0 Å². The van der Waals surface area contributed by atoms with Crippen molar-refractivity contribution in [1.29, 1.82) is 0 Å². The zero-order valence-corrected chi connectivity index (χ0v) is 18.3. The summed E-state index contributed by atoms with van der Waals surface area (Å²) in [6, 6.07) is 0. The minimum atomic E-state index is 0.543. The van der Waals surface area contributed by atoms with Crippen molar-refractivity contribution in [3.05, 3.63) is 12.7 Å². The Bertz CT molecular complexity index is 304. The maximum Gasteiger partial charge on any atom is 0.0704 e. The van der Waals surface area contributed by atoms with Crippen molar-refractivity contribution in [2.75, 3.05) is 106 Å². The van der Waals surface area contributed by atoms with Gasteiger partial charge in [0.05, 0.1) is 99.1 Å². The van der Waals surface area contributed by atoms with Gasteiger partial charge in [-0.1, -0.05) is 19.4 Å². The number of hydrogen-bond acceptors (Lipinski definition) is 8. The summed E-state index contributed by atoms with van der Waals surface area (Å²) in [7, 11) is 0. The predicted octanol–water partition coefficient (Wildman–Crippen LogP) is 2.11. The van der Waals surface area contributed by atoms with E-state index < -0.39 is 0 Å². The van der Waals surface area contributed by atoms with Crippen LogP contribution >= 0.6 is 0 Å². The van der Waals surface area contributed by atoms with Crippen molar-refractivity contribution < 1.29 is 37.9 Å². The highest BCUT2D eigenvalue weighted by molar-refractivity contribution is 4.63. The molecule has 0 radical (unpaired) electrons. The van der Waals surface area contributed by atoms with Gasteiger partial charge < -0.3 is 37.9 Å². The number of hydrogen-bond donors (Lipinski definition) is 0. The average Bonchev–Trinajstić information content (AvgIpc) is 2.74. The first-order chi connectivity index (χ1) is 14.4. The molecule has 0 unspecified atom stereocenters. The minimum absolute atomic E-state index is 0.543. The molecule has 0 aliphatic rings. The van der Waals surface area contributed by atoms with Gasteiger partial charge in [-0.25, -0.2) is 0 Å². The molecule has 0 aromatic rings. The summed E-state index contributed by atoms with van der Waals surface area (Å²) >= 11 is 0. The van der Waals surface area contributed by atoms with Gasteiger partial charge in [0.1, 0.15) is 0 Å². The molecule has 8 heteroatoms. The van der Waals surface area contributed by atoms with Gasteiger partial charge in [-0.15, -0.1) is 6.58 Å². The van der Waals surface area contributed by atoms with E-state index in [9.17, 15) is 0 Å². The lowest BCUT2D eigenvalue weighted by Gasteiger charge is -2.08. The number of ether oxygens (including phenoxy) is 8. The number of unbranched alkanes of at least 4 members (excludes halogenated alkanes) is 1. The van der Waals surface area contributed by atoms with E-state index in [2.05, 4.69) is 13.5 Å². The standard InChI is InChI=1S/C21H42O8/c1-3-5-7-23-9-11-25-13-15-27-17-19-29-21-20-28-18-16-26-14-12-24-10-8-22-6-4-2/h4H,2-3,5-21H2,1H3. The lowest BCUT2D eigenvalue weighted by Crippen LogP contribution is -2.15. The van der Waals surface area contributed by atoms with Crippen molar-refractivity contribution in [2.24, 2.45) is 0 Å². The first-order valence-corrected chi connectivity index (χ1v) is 10.6. The topological polar surface area (TPSA) is 73.8 Å². The molecule has 0 fully saturated rings. The molecule has 8 nitrogen and oxygen atoms in total. The first kappa shape index (κ1) is 28.4. The second-order valence-corrected chi connectivity index (χ2v) is 6.00. The Morgan fingerprint density at radius 2 is 0.724 bits per heavy atom. The molecule has 0 saturated carbocycles. The zero-order valence-electron chi connectivity index (χ0n) is 18.3. The van der Waals surface area contributed by atoms with Gasteiger partial charge >= 0.3 is 0 Å². The van der Waals surface area contributed by atoms with Crippen LogP contribution in [-0.4, -0.2) is 106 Å². The first-order valence-electron chi connectivity index (χ1n) is 10.6. The highest BCUT2D eigenvalue weighted by Gasteiger charge is 1.94. The molecule has 0 saturated heterocycles. The van der Waals surface area contributed by atoms with Crippen molar-refractivity contribution in [3.63, 3.8) is 0 Å². The van der Waals surface area contributed by atoms with E-state index in [1.165, 1.54) is 0 Å². The van der Waals surface area contributed by atoms with E-state index in [0.29, 0.717) is 99.1 Å². The molecule has 0 aromatic heterocycles. The fourth-order valence-electron chi connectivity index (χ4n) is 1.95. The summed E-state index contributed by atoms with van der Waals surface area (Å²) in [6.07, 6.45) is 3.97. The van der Waals surface area contributed by atoms with Crippen molar-refractivity contribution in [2.45, 2.75) is 19.8 Å². The van der Waals surface area contributed by atoms with E-state index in [1.54, 1.807) is 6.08 Å². The molecule has 0 bridgehead atoms.